The van der Waals surface area contributed by atoms with E-state index in [1.165, 1.54) is 0 Å². The van der Waals surface area contributed by atoms with Gasteiger partial charge in [-0.05, 0) is 45.7 Å². The summed E-state index contributed by atoms with van der Waals surface area (Å²) in [7, 11) is 0. The van der Waals surface area contributed by atoms with Crippen LogP contribution in [0.2, 0.25) is 0 Å². The summed E-state index contributed by atoms with van der Waals surface area (Å²) in [6.45, 7) is 5.29. The van der Waals surface area contributed by atoms with E-state index in [0.717, 1.165) is 68.6 Å². The van der Waals surface area contributed by atoms with Gasteiger partial charge in [0, 0.05) is 55.8 Å². The summed E-state index contributed by atoms with van der Waals surface area (Å²) in [6.07, 6.45) is 14.5. The minimum atomic E-state index is -2.52. The lowest BCUT2D eigenvalue weighted by Gasteiger charge is -2.57. The van der Waals surface area contributed by atoms with Crippen molar-refractivity contribution in [2.75, 3.05) is 36.4 Å². The zero-order chi connectivity index (χ0) is 30.5. The number of hydrogen-bond acceptors (Lipinski definition) is 9. The normalized spacial score (nSPS) is 19.9. The summed E-state index contributed by atoms with van der Waals surface area (Å²) in [5.74, 6) is -1.55. The van der Waals surface area contributed by atoms with E-state index in [-0.39, 0.29) is 17.9 Å². The molecule has 1 spiro atoms. The molecule has 1 saturated carbocycles. The first-order valence-electron chi connectivity index (χ1n) is 15.5. The third-order valence-electron chi connectivity index (χ3n) is 9.53. The number of rotatable bonds is 15. The molecule has 2 aliphatic heterocycles. The van der Waals surface area contributed by atoms with Crippen LogP contribution in [0.4, 0.5) is 26.2 Å². The summed E-state index contributed by atoms with van der Waals surface area (Å²) in [4.78, 5) is 24.7. The van der Waals surface area contributed by atoms with Crippen LogP contribution in [0.25, 0.3) is 0 Å². The molecule has 0 bridgehead atoms. The van der Waals surface area contributed by atoms with Gasteiger partial charge in [-0.2, -0.15) is 15.3 Å². The summed E-state index contributed by atoms with van der Waals surface area (Å²) in [5, 5.41) is 25.8. The second kappa shape index (κ2) is 13.1. The third kappa shape index (κ3) is 7.07. The second-order valence-corrected chi connectivity index (χ2v) is 12.6. The largest absolute Gasteiger partial charge is 0.352 e. The second-order valence-electron chi connectivity index (χ2n) is 12.6. The number of anilines is 3. The monoisotopic (exact) mass is 599 g/mol. The number of piperidine rings is 1. The highest BCUT2D eigenvalue weighted by Crippen LogP contribution is 2.66. The van der Waals surface area contributed by atoms with Gasteiger partial charge in [-0.15, -0.1) is 0 Å². The van der Waals surface area contributed by atoms with Crippen molar-refractivity contribution in [3.05, 3.63) is 24.2 Å². The van der Waals surface area contributed by atoms with Crippen LogP contribution in [0, 0.1) is 23.7 Å². The van der Waals surface area contributed by atoms with Crippen molar-refractivity contribution >= 4 is 23.4 Å². The number of aryl methyl sites for hydroxylation is 2. The Morgan fingerprint density at radius 1 is 1.09 bits per heavy atom. The Hall–Kier alpha value is -3.37. The van der Waals surface area contributed by atoms with Crippen LogP contribution in [0.15, 0.2) is 18.6 Å². The number of aromatic nitrogens is 4. The number of hydroxylamine groups is 1. The van der Waals surface area contributed by atoms with E-state index in [9.17, 15) is 18.8 Å². The molecule has 2 saturated heterocycles. The van der Waals surface area contributed by atoms with Gasteiger partial charge in [0.1, 0.15) is 5.82 Å². The number of likely N-dealkylation sites (tertiary alicyclic amines) is 1. The van der Waals surface area contributed by atoms with Crippen LogP contribution in [0.3, 0.4) is 0 Å². The van der Waals surface area contributed by atoms with Gasteiger partial charge in [0.05, 0.1) is 29.9 Å². The Kier molecular flexibility index (Phi) is 9.46. The molecule has 3 N–H and O–H groups in total. The Morgan fingerprint density at radius 3 is 2.42 bits per heavy atom. The molecular formula is C30H43F2N9O2. The van der Waals surface area contributed by atoms with Gasteiger partial charge in [0.15, 0.2) is 0 Å². The van der Waals surface area contributed by atoms with Gasteiger partial charge >= 0.3 is 0 Å². The van der Waals surface area contributed by atoms with Crippen LogP contribution >= 0.6 is 0 Å². The number of nitrogens with zero attached hydrogens (tertiary/aromatic N) is 7. The average Bonchev–Trinajstić information content (AvgIpc) is 3.25. The van der Waals surface area contributed by atoms with Crippen LogP contribution < -0.4 is 15.7 Å². The fourth-order valence-electron chi connectivity index (χ4n) is 6.71. The Labute approximate surface area is 251 Å². The molecule has 1 amide bonds. The summed E-state index contributed by atoms with van der Waals surface area (Å²) < 4.78 is 29.7. The Morgan fingerprint density at radius 2 is 1.77 bits per heavy atom. The number of nitrogens with one attached hydrogen (secondary N) is 2. The first-order valence-corrected chi connectivity index (χ1v) is 15.5. The maximum absolute atomic E-state index is 13.9. The van der Waals surface area contributed by atoms with Crippen LogP contribution in [0.5, 0.6) is 0 Å². The average molecular weight is 600 g/mol. The van der Waals surface area contributed by atoms with Crippen molar-refractivity contribution in [2.45, 2.75) is 102 Å². The SMILES string of the molecule is Cc1cnc(Nc2cnn(CCCCCCCCCC(=O)NO)c2)nc1N1CC(CC#N)(N2CCC3(CC2)CC3(F)F)C1. The number of hydrogen-bond donors (Lipinski definition) is 3. The number of carbonyl (C=O) groups excluding carboxylic acids is 1. The van der Waals surface area contributed by atoms with Crippen molar-refractivity contribution in [3.63, 3.8) is 0 Å². The van der Waals surface area contributed by atoms with E-state index in [1.54, 1.807) is 17.9 Å². The quantitative estimate of drug-likeness (QED) is 0.148. The molecule has 43 heavy (non-hydrogen) atoms. The van der Waals surface area contributed by atoms with E-state index in [2.05, 4.69) is 31.3 Å². The predicted molar refractivity (Wildman–Crippen MR) is 157 cm³/mol. The fraction of sp³-hybridized carbons (Fsp3) is 0.700. The highest BCUT2D eigenvalue weighted by molar-refractivity contribution is 5.74. The summed E-state index contributed by atoms with van der Waals surface area (Å²) in [5.41, 5.74) is 2.28. The van der Waals surface area contributed by atoms with Gasteiger partial charge < -0.3 is 10.2 Å². The molecule has 4 heterocycles. The molecule has 0 radical (unpaired) electrons. The van der Waals surface area contributed by atoms with Crippen LogP contribution in [0.1, 0.15) is 82.6 Å². The van der Waals surface area contributed by atoms with Crippen molar-refractivity contribution in [1.29, 1.82) is 5.26 Å². The summed E-state index contributed by atoms with van der Waals surface area (Å²) >= 11 is 0. The zero-order valence-corrected chi connectivity index (χ0v) is 25.0. The Balaban J connectivity index is 1.06. The van der Waals surface area contributed by atoms with Crippen molar-refractivity contribution in [2.24, 2.45) is 5.41 Å². The first-order chi connectivity index (χ1) is 20.7. The first kappa shape index (κ1) is 31.1. The smallest absolute Gasteiger partial charge is 0.254 e. The molecule has 5 rings (SSSR count). The van der Waals surface area contributed by atoms with E-state index >= 15 is 0 Å². The molecule has 13 heteroatoms. The molecule has 234 valence electrons. The molecule has 0 unspecified atom stereocenters. The molecule has 3 fully saturated rings. The van der Waals surface area contributed by atoms with Crippen molar-refractivity contribution in [1.82, 2.24) is 30.1 Å². The van der Waals surface area contributed by atoms with Gasteiger partial charge in [0.25, 0.3) is 5.92 Å². The Bertz CT molecular complexity index is 1300. The minimum Gasteiger partial charge on any atom is -0.352 e. The maximum Gasteiger partial charge on any atom is 0.254 e. The minimum absolute atomic E-state index is 0.0117. The number of alkyl halides is 2. The number of unbranched alkanes of at least 4 members (excludes halogenated alkanes) is 6. The van der Waals surface area contributed by atoms with E-state index in [1.807, 2.05) is 17.8 Å². The lowest BCUT2D eigenvalue weighted by molar-refractivity contribution is -0.129. The van der Waals surface area contributed by atoms with Crippen molar-refractivity contribution < 1.29 is 18.8 Å². The predicted octanol–water partition coefficient (Wildman–Crippen LogP) is 4.95. The topological polar surface area (TPSA) is 135 Å². The third-order valence-corrected chi connectivity index (χ3v) is 9.53. The number of amides is 1. The van der Waals surface area contributed by atoms with Gasteiger partial charge in [-0.3, -0.25) is 19.6 Å². The van der Waals surface area contributed by atoms with E-state index < -0.39 is 11.3 Å². The van der Waals surface area contributed by atoms with Gasteiger partial charge in [0.2, 0.25) is 11.9 Å². The highest BCUT2D eigenvalue weighted by atomic mass is 19.3. The molecule has 2 aromatic heterocycles. The van der Waals surface area contributed by atoms with E-state index in [0.29, 0.717) is 57.8 Å². The lowest BCUT2D eigenvalue weighted by atomic mass is 9.81. The number of nitriles is 1. The molecule has 0 aromatic carbocycles. The lowest BCUT2D eigenvalue weighted by Crippen LogP contribution is -2.71. The highest BCUT2D eigenvalue weighted by Gasteiger charge is 2.71. The maximum atomic E-state index is 13.9. The molecule has 0 atom stereocenters. The zero-order valence-electron chi connectivity index (χ0n) is 25.0. The van der Waals surface area contributed by atoms with Crippen LogP contribution in [-0.2, 0) is 11.3 Å². The standard InChI is InChI=1S/C30H43F2N9O2/c1-23-17-34-27(36-24-18-35-41(19-24)14-8-6-4-2-3-5-7-9-25(42)38-43)37-26(23)39-21-29(22-39,10-13-33)40-15-11-28(12-16-40)20-30(28,31)32/h17-19,43H,2-12,14-16,20-22H2,1H3,(H,38,42)(H,34,36,37). The van der Waals surface area contributed by atoms with Gasteiger partial charge in [-0.1, -0.05) is 32.1 Å². The van der Waals surface area contributed by atoms with Gasteiger partial charge in [-0.25, -0.2) is 19.2 Å². The molecule has 11 nitrogen and oxygen atoms in total. The molecular weight excluding hydrogens is 556 g/mol. The van der Waals surface area contributed by atoms with Crippen molar-refractivity contribution in [3.8, 4) is 6.07 Å². The number of halogens is 2. The molecule has 1 aliphatic carbocycles. The molecule has 3 aliphatic rings. The van der Waals surface area contributed by atoms with Crippen LogP contribution in [-0.4, -0.2) is 73.4 Å². The summed E-state index contributed by atoms with van der Waals surface area (Å²) in [6, 6.07) is 2.34. The fourth-order valence-corrected chi connectivity index (χ4v) is 6.71. The molecule has 2 aromatic rings. The number of carbonyl (C=O) groups is 1. The van der Waals surface area contributed by atoms with E-state index in [4.69, 9.17) is 10.2 Å².